The van der Waals surface area contributed by atoms with Crippen LogP contribution in [0.2, 0.25) is 0 Å². The number of nitrogens with one attached hydrogen (secondary N) is 1. The summed E-state index contributed by atoms with van der Waals surface area (Å²) in [5, 5.41) is 17.6. The first kappa shape index (κ1) is 22.8. The highest BCUT2D eigenvalue weighted by Gasteiger charge is 2.32. The van der Waals surface area contributed by atoms with Gasteiger partial charge in [0.1, 0.15) is 30.0 Å². The number of ether oxygens (including phenoxy) is 1. The highest BCUT2D eigenvalue weighted by Crippen LogP contribution is 2.32. The maximum absolute atomic E-state index is 13.3. The third kappa shape index (κ3) is 5.50. The first-order chi connectivity index (χ1) is 15.8. The van der Waals surface area contributed by atoms with E-state index in [-0.39, 0.29) is 25.3 Å². The van der Waals surface area contributed by atoms with Gasteiger partial charge in [0.15, 0.2) is 5.58 Å². The van der Waals surface area contributed by atoms with E-state index in [1.54, 1.807) is 30.3 Å². The van der Waals surface area contributed by atoms with Crippen molar-refractivity contribution in [3.05, 3.63) is 83.7 Å². The van der Waals surface area contributed by atoms with Gasteiger partial charge in [0, 0.05) is 30.1 Å². The number of hydrogen-bond acceptors (Lipinski definition) is 5. The van der Waals surface area contributed by atoms with Crippen molar-refractivity contribution in [3.63, 3.8) is 0 Å². The molecule has 0 saturated heterocycles. The van der Waals surface area contributed by atoms with Crippen LogP contribution >= 0.6 is 0 Å². The SMILES string of the molecule is O[C@H](CNCc1ccccc1C(F)(F)F)COc1ccc(-c2noc3cc(F)ccc23)cc1. The van der Waals surface area contributed by atoms with Gasteiger partial charge in [0.25, 0.3) is 0 Å². The molecule has 0 aliphatic heterocycles. The van der Waals surface area contributed by atoms with E-state index in [1.165, 1.54) is 30.3 Å². The maximum atomic E-state index is 13.3. The number of fused-ring (bicyclic) bond motifs is 1. The summed E-state index contributed by atoms with van der Waals surface area (Å²) in [6.45, 7) is -0.0117. The molecule has 1 heterocycles. The van der Waals surface area contributed by atoms with Crippen molar-refractivity contribution in [1.29, 1.82) is 0 Å². The lowest BCUT2D eigenvalue weighted by molar-refractivity contribution is -0.138. The second-order valence-corrected chi connectivity index (χ2v) is 7.45. The summed E-state index contributed by atoms with van der Waals surface area (Å²) in [5.74, 6) is 0.0885. The summed E-state index contributed by atoms with van der Waals surface area (Å²) < 4.78 is 63.1. The first-order valence-corrected chi connectivity index (χ1v) is 10.1. The van der Waals surface area contributed by atoms with E-state index in [0.29, 0.717) is 22.4 Å². The molecule has 0 aliphatic rings. The molecule has 172 valence electrons. The largest absolute Gasteiger partial charge is 0.491 e. The second-order valence-electron chi connectivity index (χ2n) is 7.45. The van der Waals surface area contributed by atoms with Crippen molar-refractivity contribution >= 4 is 11.0 Å². The summed E-state index contributed by atoms with van der Waals surface area (Å²) in [4.78, 5) is 0. The zero-order valence-electron chi connectivity index (χ0n) is 17.3. The van der Waals surface area contributed by atoms with Crippen LogP contribution in [0.3, 0.4) is 0 Å². The molecule has 33 heavy (non-hydrogen) atoms. The van der Waals surface area contributed by atoms with E-state index in [9.17, 15) is 22.7 Å². The van der Waals surface area contributed by atoms with E-state index in [0.717, 1.165) is 11.6 Å². The lowest BCUT2D eigenvalue weighted by Gasteiger charge is -2.16. The standard InChI is InChI=1S/C24H20F4N2O3/c25-17-7-10-20-22(11-17)33-30-23(20)15-5-8-19(9-6-15)32-14-18(31)13-29-12-16-3-1-2-4-21(16)24(26,27)28/h1-11,18,29,31H,12-14H2/t18-/m1/s1. The van der Waals surface area contributed by atoms with E-state index in [1.807, 2.05) is 0 Å². The highest BCUT2D eigenvalue weighted by molar-refractivity contribution is 5.91. The Balaban J connectivity index is 1.29. The fraction of sp³-hybridized carbons (Fsp3) is 0.208. The summed E-state index contributed by atoms with van der Waals surface area (Å²) in [5.41, 5.74) is 1.07. The number of hydrogen-bond donors (Lipinski definition) is 2. The third-order valence-corrected chi connectivity index (χ3v) is 5.02. The van der Waals surface area contributed by atoms with Gasteiger partial charge in [-0.05, 0) is 48.0 Å². The Morgan fingerprint density at radius 3 is 2.55 bits per heavy atom. The minimum Gasteiger partial charge on any atom is -0.491 e. The van der Waals surface area contributed by atoms with Gasteiger partial charge in [0.2, 0.25) is 0 Å². The lowest BCUT2D eigenvalue weighted by atomic mass is 10.1. The predicted molar refractivity (Wildman–Crippen MR) is 114 cm³/mol. The van der Waals surface area contributed by atoms with Crippen molar-refractivity contribution in [1.82, 2.24) is 10.5 Å². The summed E-state index contributed by atoms with van der Waals surface area (Å²) in [7, 11) is 0. The molecular weight excluding hydrogens is 440 g/mol. The molecule has 3 aromatic carbocycles. The van der Waals surface area contributed by atoms with Gasteiger partial charge in [-0.25, -0.2) is 4.39 Å². The van der Waals surface area contributed by atoms with Crippen LogP contribution in [-0.2, 0) is 12.7 Å². The van der Waals surface area contributed by atoms with Crippen molar-refractivity contribution in [3.8, 4) is 17.0 Å². The monoisotopic (exact) mass is 460 g/mol. The molecule has 5 nitrogen and oxygen atoms in total. The number of aliphatic hydroxyl groups excluding tert-OH is 1. The van der Waals surface area contributed by atoms with Crippen LogP contribution in [0.25, 0.3) is 22.2 Å². The van der Waals surface area contributed by atoms with Gasteiger partial charge in [-0.2, -0.15) is 13.2 Å². The zero-order valence-corrected chi connectivity index (χ0v) is 17.3. The molecule has 1 aromatic heterocycles. The minimum absolute atomic E-state index is 0.0308. The molecule has 0 radical (unpaired) electrons. The Labute approximate surface area is 186 Å². The van der Waals surface area contributed by atoms with Crippen molar-refractivity contribution in [2.45, 2.75) is 18.8 Å². The molecule has 4 rings (SSSR count). The Morgan fingerprint density at radius 2 is 1.79 bits per heavy atom. The fourth-order valence-corrected chi connectivity index (χ4v) is 3.40. The molecule has 0 spiro atoms. The molecule has 1 atom stereocenters. The van der Waals surface area contributed by atoms with Gasteiger partial charge >= 0.3 is 6.18 Å². The predicted octanol–water partition coefficient (Wildman–Crippen LogP) is 5.18. The number of nitrogens with zero attached hydrogens (tertiary/aromatic N) is 1. The average Bonchev–Trinajstić information content (AvgIpc) is 3.20. The quantitative estimate of drug-likeness (QED) is 0.355. The fourth-order valence-electron chi connectivity index (χ4n) is 3.40. The van der Waals surface area contributed by atoms with E-state index < -0.39 is 23.7 Å². The molecule has 9 heteroatoms. The molecular formula is C24H20F4N2O3. The smallest absolute Gasteiger partial charge is 0.416 e. The Hall–Kier alpha value is -3.43. The zero-order chi connectivity index (χ0) is 23.4. The third-order valence-electron chi connectivity index (χ3n) is 5.02. The Morgan fingerprint density at radius 1 is 1.03 bits per heavy atom. The molecule has 0 unspecified atom stereocenters. The van der Waals surface area contributed by atoms with E-state index in [2.05, 4.69) is 10.5 Å². The lowest BCUT2D eigenvalue weighted by Crippen LogP contribution is -2.31. The van der Waals surface area contributed by atoms with Gasteiger partial charge in [-0.1, -0.05) is 23.4 Å². The van der Waals surface area contributed by atoms with Gasteiger partial charge in [0.05, 0.1) is 5.56 Å². The summed E-state index contributed by atoms with van der Waals surface area (Å²) in [6.07, 6.45) is -5.35. The number of alkyl halides is 3. The first-order valence-electron chi connectivity index (χ1n) is 10.1. The highest BCUT2D eigenvalue weighted by atomic mass is 19.4. The Kier molecular flexibility index (Phi) is 6.62. The minimum atomic E-state index is -4.43. The topological polar surface area (TPSA) is 67.5 Å². The van der Waals surface area contributed by atoms with Crippen LogP contribution in [0, 0.1) is 5.82 Å². The summed E-state index contributed by atoms with van der Waals surface area (Å²) >= 11 is 0. The molecule has 2 N–H and O–H groups in total. The van der Waals surface area contributed by atoms with Gasteiger partial charge in [-0.3, -0.25) is 0 Å². The number of benzene rings is 3. The normalized spacial score (nSPS) is 12.8. The molecule has 4 aromatic rings. The van der Waals surface area contributed by atoms with Crippen molar-refractivity contribution in [2.75, 3.05) is 13.2 Å². The van der Waals surface area contributed by atoms with Crippen LogP contribution in [-0.4, -0.2) is 29.5 Å². The van der Waals surface area contributed by atoms with Crippen LogP contribution in [0.4, 0.5) is 17.6 Å². The van der Waals surface area contributed by atoms with Crippen molar-refractivity contribution in [2.24, 2.45) is 0 Å². The molecule has 0 bridgehead atoms. The molecule has 0 fully saturated rings. The van der Waals surface area contributed by atoms with Gasteiger partial charge < -0.3 is 19.7 Å². The summed E-state index contributed by atoms with van der Waals surface area (Å²) in [6, 6.07) is 16.4. The number of halogens is 4. The molecule has 0 saturated carbocycles. The average molecular weight is 460 g/mol. The van der Waals surface area contributed by atoms with Crippen LogP contribution in [0.1, 0.15) is 11.1 Å². The number of aliphatic hydroxyl groups is 1. The number of aromatic nitrogens is 1. The van der Waals surface area contributed by atoms with Crippen LogP contribution in [0.5, 0.6) is 5.75 Å². The van der Waals surface area contributed by atoms with E-state index >= 15 is 0 Å². The molecule has 0 amide bonds. The van der Waals surface area contributed by atoms with E-state index in [4.69, 9.17) is 9.26 Å². The maximum Gasteiger partial charge on any atom is 0.416 e. The number of rotatable bonds is 8. The molecule has 0 aliphatic carbocycles. The van der Waals surface area contributed by atoms with Crippen molar-refractivity contribution < 1.29 is 31.9 Å². The van der Waals surface area contributed by atoms with Crippen LogP contribution in [0.15, 0.2) is 71.3 Å². The second kappa shape index (κ2) is 9.60. The Bertz CT molecular complexity index is 1220. The van der Waals surface area contributed by atoms with Crippen LogP contribution < -0.4 is 10.1 Å². The van der Waals surface area contributed by atoms with Gasteiger partial charge in [-0.15, -0.1) is 0 Å².